The molecule has 0 atom stereocenters. The third-order valence-electron chi connectivity index (χ3n) is 3.80. The maximum atomic E-state index is 12.2. The summed E-state index contributed by atoms with van der Waals surface area (Å²) in [4.78, 5) is 18.0. The summed E-state index contributed by atoms with van der Waals surface area (Å²) in [5.41, 5.74) is 2.81. The van der Waals surface area contributed by atoms with Gasteiger partial charge in [0.2, 0.25) is 5.91 Å². The number of carbonyl (C=O) groups is 1. The molecule has 3 nitrogen and oxygen atoms in total. The van der Waals surface area contributed by atoms with Crippen LogP contribution in [0.2, 0.25) is 0 Å². The number of hydrogen-bond acceptors (Lipinski definition) is 4. The van der Waals surface area contributed by atoms with Crippen molar-refractivity contribution in [2.75, 3.05) is 11.1 Å². The van der Waals surface area contributed by atoms with Gasteiger partial charge in [-0.2, -0.15) is 0 Å². The Hall–Kier alpha value is -2.63. The molecule has 5 heteroatoms. The van der Waals surface area contributed by atoms with Crippen molar-refractivity contribution < 1.29 is 4.79 Å². The summed E-state index contributed by atoms with van der Waals surface area (Å²) in [5, 5.41) is 3.93. The molecule has 0 bridgehead atoms. The van der Waals surface area contributed by atoms with E-state index in [-0.39, 0.29) is 5.91 Å². The van der Waals surface area contributed by atoms with E-state index in [1.807, 2.05) is 72.8 Å². The van der Waals surface area contributed by atoms with Crippen molar-refractivity contribution in [2.45, 2.75) is 4.90 Å². The molecule has 0 fully saturated rings. The molecule has 26 heavy (non-hydrogen) atoms. The summed E-state index contributed by atoms with van der Waals surface area (Å²) < 4.78 is 1.16. The predicted octanol–water partition coefficient (Wildman–Crippen LogP) is 5.69. The summed E-state index contributed by atoms with van der Waals surface area (Å²) in [6.45, 7) is 0. The van der Waals surface area contributed by atoms with Crippen LogP contribution in [0, 0.1) is 0 Å². The molecule has 1 N–H and O–H groups in total. The monoisotopic (exact) mass is 376 g/mol. The highest BCUT2D eigenvalue weighted by Crippen LogP contribution is 2.31. The lowest BCUT2D eigenvalue weighted by Crippen LogP contribution is -2.13. The van der Waals surface area contributed by atoms with Gasteiger partial charge in [-0.15, -0.1) is 23.1 Å². The van der Waals surface area contributed by atoms with Crippen molar-refractivity contribution in [3.05, 3.63) is 78.9 Å². The average Bonchev–Trinajstić information content (AvgIpc) is 3.12. The highest BCUT2D eigenvalue weighted by atomic mass is 32.2. The Morgan fingerprint density at radius 2 is 1.77 bits per heavy atom. The maximum Gasteiger partial charge on any atom is 0.234 e. The quantitative estimate of drug-likeness (QED) is 0.455. The number of anilines is 1. The molecule has 0 unspecified atom stereocenters. The molecule has 1 heterocycles. The van der Waals surface area contributed by atoms with E-state index in [1.54, 1.807) is 11.3 Å². The lowest BCUT2D eigenvalue weighted by atomic mass is 10.2. The minimum absolute atomic E-state index is 0.0136. The van der Waals surface area contributed by atoms with Gasteiger partial charge in [0.1, 0.15) is 5.01 Å². The normalized spacial score (nSPS) is 10.8. The van der Waals surface area contributed by atoms with Crippen LogP contribution in [-0.2, 0) is 4.79 Å². The topological polar surface area (TPSA) is 42.0 Å². The largest absolute Gasteiger partial charge is 0.325 e. The molecule has 1 amide bonds. The molecule has 1 aromatic heterocycles. The Labute approximate surface area is 160 Å². The van der Waals surface area contributed by atoms with Gasteiger partial charge in [0, 0.05) is 16.1 Å². The number of aromatic nitrogens is 1. The van der Waals surface area contributed by atoms with Gasteiger partial charge in [-0.25, -0.2) is 4.98 Å². The third-order valence-corrected chi connectivity index (χ3v) is 5.90. The summed E-state index contributed by atoms with van der Waals surface area (Å²) in [5.74, 6) is 0.371. The van der Waals surface area contributed by atoms with Crippen LogP contribution in [0.3, 0.4) is 0 Å². The molecule has 0 spiro atoms. The Morgan fingerprint density at radius 3 is 2.62 bits per heavy atom. The molecule has 0 aliphatic heterocycles. The number of thioether (sulfide) groups is 1. The fraction of sp³-hybridized carbons (Fsp3) is 0.0476. The van der Waals surface area contributed by atoms with Gasteiger partial charge in [0.25, 0.3) is 0 Å². The minimum Gasteiger partial charge on any atom is -0.325 e. The second-order valence-electron chi connectivity index (χ2n) is 5.72. The standard InChI is InChI=1S/C21H16N2OS2/c24-20(14-25-17-9-2-1-3-10-17)22-16-8-6-7-15(13-16)21-23-18-11-4-5-12-19(18)26-21/h1-13H,14H2,(H,22,24). The van der Waals surface area contributed by atoms with Crippen molar-refractivity contribution in [1.29, 1.82) is 0 Å². The van der Waals surface area contributed by atoms with Gasteiger partial charge in [-0.1, -0.05) is 42.5 Å². The number of benzene rings is 3. The van der Waals surface area contributed by atoms with Gasteiger partial charge >= 0.3 is 0 Å². The zero-order valence-corrected chi connectivity index (χ0v) is 15.5. The molecule has 4 aromatic rings. The lowest BCUT2D eigenvalue weighted by Gasteiger charge is -2.06. The first-order chi connectivity index (χ1) is 12.8. The molecule has 0 saturated carbocycles. The first kappa shape index (κ1) is 16.8. The summed E-state index contributed by atoms with van der Waals surface area (Å²) in [7, 11) is 0. The number of amides is 1. The summed E-state index contributed by atoms with van der Waals surface area (Å²) in [6, 6.07) is 25.9. The Balaban J connectivity index is 1.46. The smallest absolute Gasteiger partial charge is 0.234 e. The molecule has 0 aliphatic rings. The number of carbonyl (C=O) groups excluding carboxylic acids is 1. The van der Waals surface area contributed by atoms with Crippen LogP contribution in [0.15, 0.2) is 83.8 Å². The molecule has 128 valence electrons. The zero-order valence-electron chi connectivity index (χ0n) is 13.9. The van der Waals surface area contributed by atoms with Crippen LogP contribution in [0.1, 0.15) is 0 Å². The van der Waals surface area contributed by atoms with Gasteiger partial charge in [0.15, 0.2) is 0 Å². The Kier molecular flexibility index (Phi) is 5.00. The van der Waals surface area contributed by atoms with Crippen LogP contribution in [-0.4, -0.2) is 16.6 Å². The van der Waals surface area contributed by atoms with Gasteiger partial charge in [0.05, 0.1) is 16.0 Å². The Morgan fingerprint density at radius 1 is 0.962 bits per heavy atom. The molecular formula is C21H16N2OS2. The van der Waals surface area contributed by atoms with Crippen LogP contribution in [0.4, 0.5) is 5.69 Å². The van der Waals surface area contributed by atoms with Crippen molar-refractivity contribution >= 4 is 44.9 Å². The van der Waals surface area contributed by atoms with Gasteiger partial charge < -0.3 is 5.32 Å². The van der Waals surface area contributed by atoms with Crippen LogP contribution >= 0.6 is 23.1 Å². The second-order valence-corrected chi connectivity index (χ2v) is 7.80. The number of rotatable bonds is 5. The highest BCUT2D eigenvalue weighted by molar-refractivity contribution is 8.00. The fourth-order valence-electron chi connectivity index (χ4n) is 2.59. The van der Waals surface area contributed by atoms with Gasteiger partial charge in [-0.3, -0.25) is 4.79 Å². The first-order valence-electron chi connectivity index (χ1n) is 8.22. The number of fused-ring (bicyclic) bond motifs is 1. The number of nitrogens with one attached hydrogen (secondary N) is 1. The maximum absolute atomic E-state index is 12.2. The second kappa shape index (κ2) is 7.72. The highest BCUT2D eigenvalue weighted by Gasteiger charge is 2.08. The lowest BCUT2D eigenvalue weighted by molar-refractivity contribution is -0.113. The van der Waals surface area contributed by atoms with Crippen LogP contribution in [0.5, 0.6) is 0 Å². The Bertz CT molecular complexity index is 1010. The molecular weight excluding hydrogens is 360 g/mol. The van der Waals surface area contributed by atoms with Crippen LogP contribution < -0.4 is 5.32 Å². The number of hydrogen-bond donors (Lipinski definition) is 1. The first-order valence-corrected chi connectivity index (χ1v) is 10.0. The average molecular weight is 377 g/mol. The van der Waals surface area contributed by atoms with E-state index in [9.17, 15) is 4.79 Å². The molecule has 0 radical (unpaired) electrons. The molecule has 0 aliphatic carbocycles. The van der Waals surface area contributed by atoms with E-state index in [0.717, 1.165) is 31.4 Å². The summed E-state index contributed by atoms with van der Waals surface area (Å²) in [6.07, 6.45) is 0. The van der Waals surface area contributed by atoms with E-state index in [4.69, 9.17) is 0 Å². The van der Waals surface area contributed by atoms with Crippen LogP contribution in [0.25, 0.3) is 20.8 Å². The van der Waals surface area contributed by atoms with Crippen molar-refractivity contribution in [1.82, 2.24) is 4.98 Å². The molecule has 4 rings (SSSR count). The number of nitrogens with zero attached hydrogens (tertiary/aromatic N) is 1. The van der Waals surface area contributed by atoms with Crippen molar-refractivity contribution in [3.63, 3.8) is 0 Å². The SMILES string of the molecule is O=C(CSc1ccccc1)Nc1cccc(-c2nc3ccccc3s2)c1. The molecule has 0 saturated heterocycles. The minimum atomic E-state index is -0.0136. The number of thiazole rings is 1. The van der Waals surface area contributed by atoms with E-state index in [2.05, 4.69) is 16.4 Å². The fourth-order valence-corrected chi connectivity index (χ4v) is 4.27. The number of para-hydroxylation sites is 1. The van der Waals surface area contributed by atoms with Crippen molar-refractivity contribution in [2.24, 2.45) is 0 Å². The molecule has 3 aromatic carbocycles. The van der Waals surface area contributed by atoms with E-state index < -0.39 is 0 Å². The summed E-state index contributed by atoms with van der Waals surface area (Å²) >= 11 is 3.19. The van der Waals surface area contributed by atoms with Gasteiger partial charge in [-0.05, 0) is 36.4 Å². The van der Waals surface area contributed by atoms with E-state index in [1.165, 1.54) is 11.8 Å². The third kappa shape index (κ3) is 3.95. The predicted molar refractivity (Wildman–Crippen MR) is 111 cm³/mol. The van der Waals surface area contributed by atoms with E-state index >= 15 is 0 Å². The van der Waals surface area contributed by atoms with E-state index in [0.29, 0.717) is 5.75 Å². The van der Waals surface area contributed by atoms with Crippen molar-refractivity contribution in [3.8, 4) is 10.6 Å². The zero-order chi connectivity index (χ0) is 17.8.